The molecular formula is C18H16N4O2S. The van der Waals surface area contributed by atoms with Crippen molar-refractivity contribution < 1.29 is 9.57 Å². The maximum Gasteiger partial charge on any atom is 0.147 e. The summed E-state index contributed by atoms with van der Waals surface area (Å²) < 4.78 is 5.68. The summed E-state index contributed by atoms with van der Waals surface area (Å²) in [5.41, 5.74) is 4.35. The second-order valence-corrected chi connectivity index (χ2v) is 6.54. The van der Waals surface area contributed by atoms with Crippen molar-refractivity contribution in [3.8, 4) is 26.9 Å². The Morgan fingerprint density at radius 1 is 1.24 bits per heavy atom. The first-order valence-electron chi connectivity index (χ1n) is 7.88. The Hall–Kier alpha value is -2.80. The lowest BCUT2D eigenvalue weighted by molar-refractivity contribution is 0.210. The average molecular weight is 352 g/mol. The van der Waals surface area contributed by atoms with Crippen LogP contribution in [0.5, 0.6) is 5.75 Å². The number of thiazole rings is 1. The lowest BCUT2D eigenvalue weighted by Gasteiger charge is -2.18. The van der Waals surface area contributed by atoms with E-state index in [2.05, 4.69) is 15.1 Å². The minimum Gasteiger partial charge on any atom is -0.491 e. The monoisotopic (exact) mass is 352 g/mol. The highest BCUT2D eigenvalue weighted by Crippen LogP contribution is 2.35. The van der Waals surface area contributed by atoms with Crippen molar-refractivity contribution in [2.75, 3.05) is 13.7 Å². The number of nitrogens with zero attached hydrogens (tertiary/aromatic N) is 4. The van der Waals surface area contributed by atoms with Crippen molar-refractivity contribution in [3.05, 3.63) is 48.0 Å². The summed E-state index contributed by atoms with van der Waals surface area (Å²) >= 11 is 1.61. The van der Waals surface area contributed by atoms with Gasteiger partial charge in [-0.2, -0.15) is 0 Å². The van der Waals surface area contributed by atoms with Gasteiger partial charge in [-0.1, -0.05) is 5.16 Å². The largest absolute Gasteiger partial charge is 0.491 e. The van der Waals surface area contributed by atoms with Gasteiger partial charge >= 0.3 is 0 Å². The van der Waals surface area contributed by atoms with Crippen molar-refractivity contribution in [1.29, 1.82) is 0 Å². The number of pyridine rings is 2. The molecule has 0 atom stereocenters. The van der Waals surface area contributed by atoms with Crippen molar-refractivity contribution in [2.24, 2.45) is 5.16 Å². The molecule has 0 saturated heterocycles. The zero-order valence-electron chi connectivity index (χ0n) is 13.9. The molecule has 0 spiro atoms. The van der Waals surface area contributed by atoms with E-state index < -0.39 is 0 Å². The quantitative estimate of drug-likeness (QED) is 0.672. The van der Waals surface area contributed by atoms with E-state index in [4.69, 9.17) is 14.6 Å². The Balaban J connectivity index is 1.77. The van der Waals surface area contributed by atoms with Gasteiger partial charge in [0.25, 0.3) is 0 Å². The van der Waals surface area contributed by atoms with Crippen LogP contribution in [0.15, 0.2) is 41.8 Å². The zero-order valence-corrected chi connectivity index (χ0v) is 14.7. The maximum atomic E-state index is 5.68. The van der Waals surface area contributed by atoms with Crippen LogP contribution in [-0.2, 0) is 4.84 Å². The lowest BCUT2D eigenvalue weighted by atomic mass is 10.1. The molecule has 126 valence electrons. The predicted octanol–water partition coefficient (Wildman–Crippen LogP) is 3.71. The number of hydrogen-bond acceptors (Lipinski definition) is 7. The van der Waals surface area contributed by atoms with E-state index in [0.29, 0.717) is 13.0 Å². The molecule has 0 fully saturated rings. The molecule has 1 aliphatic heterocycles. The third-order valence-electron chi connectivity index (χ3n) is 3.87. The Bertz CT molecular complexity index is 938. The van der Waals surface area contributed by atoms with Crippen LogP contribution in [0.4, 0.5) is 0 Å². The van der Waals surface area contributed by atoms with Crippen LogP contribution in [0, 0.1) is 6.92 Å². The van der Waals surface area contributed by atoms with Gasteiger partial charge in [0.2, 0.25) is 0 Å². The third-order valence-corrected chi connectivity index (χ3v) is 5.10. The van der Waals surface area contributed by atoms with Crippen LogP contribution in [0.25, 0.3) is 21.1 Å². The number of rotatable bonds is 3. The first-order chi connectivity index (χ1) is 12.3. The molecule has 0 radical (unpaired) electrons. The van der Waals surface area contributed by atoms with Gasteiger partial charge in [0.1, 0.15) is 29.3 Å². The Labute approximate surface area is 149 Å². The van der Waals surface area contributed by atoms with Gasteiger partial charge in [-0.3, -0.25) is 4.98 Å². The van der Waals surface area contributed by atoms with Gasteiger partial charge < -0.3 is 9.57 Å². The molecular weight excluding hydrogens is 336 g/mol. The molecule has 6 nitrogen and oxygen atoms in total. The van der Waals surface area contributed by atoms with Gasteiger partial charge in [0.15, 0.2) is 0 Å². The van der Waals surface area contributed by atoms with E-state index in [1.807, 2.05) is 37.4 Å². The van der Waals surface area contributed by atoms with Crippen molar-refractivity contribution in [2.45, 2.75) is 13.3 Å². The lowest BCUT2D eigenvalue weighted by Crippen LogP contribution is -2.18. The number of ether oxygens (including phenoxy) is 1. The summed E-state index contributed by atoms with van der Waals surface area (Å²) in [4.78, 5) is 19.6. The number of aromatic nitrogens is 3. The molecule has 0 unspecified atom stereocenters. The van der Waals surface area contributed by atoms with E-state index in [1.54, 1.807) is 24.6 Å². The van der Waals surface area contributed by atoms with Crippen LogP contribution in [0.3, 0.4) is 0 Å². The molecule has 4 heterocycles. The molecule has 0 N–H and O–H groups in total. The number of oxime groups is 1. The highest BCUT2D eigenvalue weighted by molar-refractivity contribution is 7.18. The van der Waals surface area contributed by atoms with Crippen molar-refractivity contribution in [3.63, 3.8) is 0 Å². The summed E-state index contributed by atoms with van der Waals surface area (Å²) in [5.74, 6) is 0.737. The SMILES string of the molecule is CO/N=C1\CCOc2ccc(-c3sc(-c4cccnc4)nc3C)nc21. The Morgan fingerprint density at radius 3 is 2.96 bits per heavy atom. The van der Waals surface area contributed by atoms with E-state index >= 15 is 0 Å². The summed E-state index contributed by atoms with van der Waals surface area (Å²) in [6.07, 6.45) is 4.26. The van der Waals surface area contributed by atoms with E-state index in [9.17, 15) is 0 Å². The molecule has 25 heavy (non-hydrogen) atoms. The molecule has 0 bridgehead atoms. The summed E-state index contributed by atoms with van der Waals surface area (Å²) in [7, 11) is 1.54. The van der Waals surface area contributed by atoms with Crippen molar-refractivity contribution in [1.82, 2.24) is 15.0 Å². The average Bonchev–Trinajstić information content (AvgIpc) is 3.04. The summed E-state index contributed by atoms with van der Waals surface area (Å²) in [6, 6.07) is 7.81. The van der Waals surface area contributed by atoms with Gasteiger partial charge in [0.05, 0.1) is 22.9 Å². The Morgan fingerprint density at radius 2 is 2.16 bits per heavy atom. The second-order valence-electron chi connectivity index (χ2n) is 5.54. The van der Waals surface area contributed by atoms with Gasteiger partial charge in [-0.25, -0.2) is 9.97 Å². The molecule has 4 rings (SSSR count). The zero-order chi connectivity index (χ0) is 17.2. The second kappa shape index (κ2) is 6.60. The standard InChI is InChI=1S/C18H16N4O2S/c1-11-17(25-18(20-11)12-4-3-8-19-10-12)14-5-6-15-16(21-14)13(22-23-2)7-9-24-15/h3-6,8,10H,7,9H2,1-2H3/b22-13+. The molecule has 7 heteroatoms. The summed E-state index contributed by atoms with van der Waals surface area (Å²) in [5, 5.41) is 5.02. The molecule has 0 aromatic carbocycles. The van der Waals surface area contributed by atoms with Crippen molar-refractivity contribution >= 4 is 17.0 Å². The van der Waals surface area contributed by atoms with Gasteiger partial charge in [-0.05, 0) is 31.2 Å². The highest BCUT2D eigenvalue weighted by atomic mass is 32.1. The predicted molar refractivity (Wildman–Crippen MR) is 97.0 cm³/mol. The molecule has 1 aliphatic rings. The smallest absolute Gasteiger partial charge is 0.147 e. The summed E-state index contributed by atoms with van der Waals surface area (Å²) in [6.45, 7) is 2.58. The highest BCUT2D eigenvalue weighted by Gasteiger charge is 2.21. The molecule has 0 amide bonds. The van der Waals surface area contributed by atoms with Crippen LogP contribution >= 0.6 is 11.3 Å². The number of hydrogen-bond donors (Lipinski definition) is 0. The molecule has 0 saturated carbocycles. The molecule has 3 aromatic heterocycles. The maximum absolute atomic E-state index is 5.68. The fourth-order valence-electron chi connectivity index (χ4n) is 2.72. The topological polar surface area (TPSA) is 69.5 Å². The van der Waals surface area contributed by atoms with Crippen LogP contribution in [0.1, 0.15) is 17.8 Å². The minimum absolute atomic E-state index is 0.584. The number of fused-ring (bicyclic) bond motifs is 1. The van der Waals surface area contributed by atoms with Gasteiger partial charge in [0, 0.05) is 24.4 Å². The van der Waals surface area contributed by atoms with Crippen LogP contribution in [0.2, 0.25) is 0 Å². The van der Waals surface area contributed by atoms with E-state index in [1.165, 1.54) is 0 Å². The number of aryl methyl sites for hydroxylation is 1. The van der Waals surface area contributed by atoms with Gasteiger partial charge in [-0.15, -0.1) is 11.3 Å². The van der Waals surface area contributed by atoms with Crippen LogP contribution in [-0.4, -0.2) is 34.4 Å². The fraction of sp³-hybridized carbons (Fsp3) is 0.222. The molecule has 3 aromatic rings. The fourth-order valence-corrected chi connectivity index (χ4v) is 3.74. The third kappa shape index (κ3) is 2.98. The Kier molecular flexibility index (Phi) is 4.15. The van der Waals surface area contributed by atoms with E-state index in [-0.39, 0.29) is 0 Å². The first-order valence-corrected chi connectivity index (χ1v) is 8.70. The van der Waals surface area contributed by atoms with Crippen LogP contribution < -0.4 is 4.74 Å². The first kappa shape index (κ1) is 15.7. The normalized spacial score (nSPS) is 14.9. The minimum atomic E-state index is 0.584. The molecule has 0 aliphatic carbocycles. The van der Waals surface area contributed by atoms with E-state index in [0.717, 1.165) is 44.0 Å².